The number of aryl methyl sites for hydroxylation is 1. The number of aromatic nitrogens is 4. The summed E-state index contributed by atoms with van der Waals surface area (Å²) < 4.78 is 28.3. The average Bonchev–Trinajstić information content (AvgIpc) is 3.21. The molecular formula is C23H28N4O12. The van der Waals surface area contributed by atoms with Crippen LogP contribution in [0, 0.1) is 6.92 Å². The van der Waals surface area contributed by atoms with E-state index >= 15 is 0 Å². The van der Waals surface area contributed by atoms with Crippen molar-refractivity contribution in [1.82, 2.24) is 19.2 Å². The molecule has 0 bridgehead atoms. The average molecular weight is 552 g/mol. The van der Waals surface area contributed by atoms with Crippen molar-refractivity contribution in [3.63, 3.8) is 0 Å². The minimum atomic E-state index is -1.76. The van der Waals surface area contributed by atoms with Gasteiger partial charge in [0, 0.05) is 53.3 Å². The van der Waals surface area contributed by atoms with Crippen molar-refractivity contribution in [2.45, 2.75) is 72.9 Å². The second kappa shape index (κ2) is 12.7. The number of hydrogen-bond donors (Lipinski definition) is 0. The number of rotatable bonds is 10. The molecule has 0 saturated carbocycles. The maximum atomic E-state index is 12.4. The Morgan fingerprint density at radius 3 is 1.79 bits per heavy atom. The minimum Gasteiger partial charge on any atom is -0.462 e. The fourth-order valence-electron chi connectivity index (χ4n) is 3.75. The molecular weight excluding hydrogens is 524 g/mol. The van der Waals surface area contributed by atoms with Crippen LogP contribution in [-0.2, 0) is 47.7 Å². The molecule has 2 rings (SSSR count). The third kappa shape index (κ3) is 7.68. The lowest BCUT2D eigenvalue weighted by Crippen LogP contribution is -2.50. The van der Waals surface area contributed by atoms with E-state index in [9.17, 15) is 33.6 Å². The zero-order chi connectivity index (χ0) is 29.6. The molecule has 0 aliphatic rings. The predicted molar refractivity (Wildman–Crippen MR) is 126 cm³/mol. The lowest BCUT2D eigenvalue weighted by Gasteiger charge is -2.34. The maximum Gasteiger partial charge on any atom is 0.303 e. The Hall–Kier alpha value is -4.63. The summed E-state index contributed by atoms with van der Waals surface area (Å²) in [6.45, 7) is 7.12. The van der Waals surface area contributed by atoms with Crippen LogP contribution in [0.4, 0.5) is 0 Å². The number of carbonyl (C=O) groups is 6. The second-order valence-corrected chi connectivity index (χ2v) is 8.30. The van der Waals surface area contributed by atoms with Gasteiger partial charge in [0.2, 0.25) is 17.8 Å². The summed E-state index contributed by atoms with van der Waals surface area (Å²) in [5, 5.41) is 7.86. The third-order valence-electron chi connectivity index (χ3n) is 5.00. The molecule has 0 fully saturated rings. The number of carbonyl (C=O) groups excluding carboxylic acids is 6. The Bertz CT molecular complexity index is 1360. The number of fused-ring (bicyclic) bond motifs is 1. The molecule has 2 aromatic rings. The summed E-state index contributed by atoms with van der Waals surface area (Å²) in [4.78, 5) is 84.5. The molecule has 0 amide bonds. The Morgan fingerprint density at radius 1 is 0.769 bits per heavy atom. The first kappa shape index (κ1) is 30.6. The highest BCUT2D eigenvalue weighted by Gasteiger charge is 2.46. The topological polar surface area (TPSA) is 201 Å². The molecule has 2 heterocycles. The maximum absolute atomic E-state index is 12.4. The summed E-state index contributed by atoms with van der Waals surface area (Å²) in [7, 11) is 0. The van der Waals surface area contributed by atoms with Gasteiger partial charge in [0.25, 0.3) is 5.56 Å². The van der Waals surface area contributed by atoms with Crippen molar-refractivity contribution in [2.24, 2.45) is 0 Å². The van der Waals surface area contributed by atoms with Crippen molar-refractivity contribution in [3.05, 3.63) is 27.9 Å². The first-order valence-electron chi connectivity index (χ1n) is 11.4. The van der Waals surface area contributed by atoms with Crippen LogP contribution in [0.2, 0.25) is 0 Å². The summed E-state index contributed by atoms with van der Waals surface area (Å²) >= 11 is 0. The van der Waals surface area contributed by atoms with Gasteiger partial charge in [-0.15, -0.1) is 10.2 Å². The molecule has 0 radical (unpaired) electrons. The molecule has 0 spiro atoms. The first-order chi connectivity index (χ1) is 18.1. The Balaban J connectivity index is 2.87. The lowest BCUT2D eigenvalue weighted by atomic mass is 10.0. The van der Waals surface area contributed by atoms with Gasteiger partial charge in [-0.1, -0.05) is 0 Å². The van der Waals surface area contributed by atoms with Crippen LogP contribution in [0.5, 0.6) is 0 Å². The van der Waals surface area contributed by atoms with Gasteiger partial charge in [0.1, 0.15) is 6.61 Å². The van der Waals surface area contributed by atoms with Gasteiger partial charge in [-0.3, -0.25) is 38.0 Å². The number of esters is 5. The fraction of sp³-hybridized carbons (Fsp3) is 0.522. The van der Waals surface area contributed by atoms with Gasteiger partial charge in [-0.05, 0) is 6.92 Å². The van der Waals surface area contributed by atoms with E-state index in [-0.39, 0.29) is 17.3 Å². The summed E-state index contributed by atoms with van der Waals surface area (Å²) in [6, 6.07) is 1.10. The smallest absolute Gasteiger partial charge is 0.303 e. The van der Waals surface area contributed by atoms with Crippen LogP contribution >= 0.6 is 0 Å². The molecule has 39 heavy (non-hydrogen) atoms. The molecule has 4 atom stereocenters. The molecule has 0 saturated heterocycles. The van der Waals surface area contributed by atoms with E-state index in [0.29, 0.717) is 4.57 Å². The van der Waals surface area contributed by atoms with Gasteiger partial charge in [-0.25, -0.2) is 4.57 Å². The Kier molecular flexibility index (Phi) is 10.0. The van der Waals surface area contributed by atoms with Gasteiger partial charge >= 0.3 is 29.8 Å². The Morgan fingerprint density at radius 2 is 1.31 bits per heavy atom. The van der Waals surface area contributed by atoms with Crippen molar-refractivity contribution in [2.75, 3.05) is 6.61 Å². The van der Waals surface area contributed by atoms with Crippen molar-refractivity contribution < 1.29 is 52.5 Å². The summed E-state index contributed by atoms with van der Waals surface area (Å²) in [6.07, 6.45) is -6.74. The van der Waals surface area contributed by atoms with Crippen LogP contribution < -0.4 is 5.56 Å². The van der Waals surface area contributed by atoms with Crippen LogP contribution in [0.1, 0.15) is 64.0 Å². The number of hydrogen-bond acceptors (Lipinski definition) is 14. The molecule has 16 heteroatoms. The normalized spacial score (nSPS) is 13.9. The summed E-state index contributed by atoms with van der Waals surface area (Å²) in [5.41, 5.74) is -0.507. The van der Waals surface area contributed by atoms with Gasteiger partial charge in [0.15, 0.2) is 24.1 Å². The predicted octanol–water partition coefficient (Wildman–Crippen LogP) is -0.178. The fourth-order valence-corrected chi connectivity index (χ4v) is 3.75. The molecule has 0 aliphatic heterocycles. The highest BCUT2D eigenvalue weighted by molar-refractivity contribution is 5.79. The van der Waals surface area contributed by atoms with Crippen LogP contribution in [-0.4, -0.2) is 79.8 Å². The highest BCUT2D eigenvalue weighted by Crippen LogP contribution is 2.30. The summed E-state index contributed by atoms with van der Waals surface area (Å²) in [5.74, 6) is -5.59. The van der Waals surface area contributed by atoms with E-state index < -0.39 is 72.3 Å². The van der Waals surface area contributed by atoms with Crippen LogP contribution in [0.25, 0.3) is 5.78 Å². The molecule has 2 aromatic heterocycles. The van der Waals surface area contributed by atoms with Crippen molar-refractivity contribution in [3.8, 4) is 0 Å². The lowest BCUT2D eigenvalue weighted by molar-refractivity contribution is -0.204. The second-order valence-electron chi connectivity index (χ2n) is 8.30. The van der Waals surface area contributed by atoms with E-state index in [0.717, 1.165) is 47.6 Å². The molecule has 212 valence electrons. The molecule has 0 aliphatic carbocycles. The van der Waals surface area contributed by atoms with Crippen LogP contribution in [0.3, 0.4) is 0 Å². The monoisotopic (exact) mass is 552 g/mol. The van der Waals surface area contributed by atoms with E-state index in [1.54, 1.807) is 0 Å². The first-order valence-corrected chi connectivity index (χ1v) is 11.4. The third-order valence-corrected chi connectivity index (χ3v) is 5.00. The standard InChI is InChI=1S/C23H28N4O12/c1-10-8-18(34)27(11(2)28)23-25-24-22(26(10)23)21(39-16(7)33)20(38-15(6)32)19(37-14(5)31)17(36-13(4)30)9-35-12(3)29/h8,17,19-21H,9H2,1-7H3/t17-,19+,20+,21-/m1/s1. The van der Waals surface area contributed by atoms with E-state index in [1.165, 1.54) is 11.3 Å². The largest absolute Gasteiger partial charge is 0.462 e. The molecule has 0 N–H and O–H groups in total. The van der Waals surface area contributed by atoms with Crippen molar-refractivity contribution >= 4 is 41.5 Å². The Labute approximate surface area is 221 Å². The highest BCUT2D eigenvalue weighted by atomic mass is 16.6. The molecule has 0 aromatic carbocycles. The van der Waals surface area contributed by atoms with Gasteiger partial charge < -0.3 is 23.7 Å². The van der Waals surface area contributed by atoms with Crippen molar-refractivity contribution in [1.29, 1.82) is 0 Å². The van der Waals surface area contributed by atoms with Gasteiger partial charge in [0.05, 0.1) is 0 Å². The van der Waals surface area contributed by atoms with E-state index in [1.807, 2.05) is 0 Å². The van der Waals surface area contributed by atoms with Gasteiger partial charge in [-0.2, -0.15) is 0 Å². The molecule has 16 nitrogen and oxygen atoms in total. The SMILES string of the molecule is CC(=O)OC[C@@H](OC(C)=O)[C@H](OC(C)=O)[C@H](OC(C)=O)[C@@H](OC(C)=O)c1nnc2n(C(C)=O)c(=O)cc(C)n12. The quantitative estimate of drug-likeness (QED) is 0.277. The van der Waals surface area contributed by atoms with E-state index in [2.05, 4.69) is 10.2 Å². The zero-order valence-electron chi connectivity index (χ0n) is 22.3. The van der Waals surface area contributed by atoms with Crippen LogP contribution in [0.15, 0.2) is 10.9 Å². The molecule has 0 unspecified atom stereocenters. The number of ether oxygens (including phenoxy) is 5. The zero-order valence-corrected chi connectivity index (χ0v) is 22.3. The minimum absolute atomic E-state index is 0.201. The van der Waals surface area contributed by atoms with E-state index in [4.69, 9.17) is 23.7 Å². The number of nitrogens with zero attached hydrogens (tertiary/aromatic N) is 4.